The zero-order chi connectivity index (χ0) is 21.1. The number of benzene rings is 2. The Morgan fingerprint density at radius 1 is 1.10 bits per heavy atom. The van der Waals surface area contributed by atoms with E-state index in [9.17, 15) is 4.79 Å². The molecule has 0 unspecified atom stereocenters. The van der Waals surface area contributed by atoms with Crippen LogP contribution in [0.2, 0.25) is 10.0 Å². The van der Waals surface area contributed by atoms with Crippen molar-refractivity contribution < 1.29 is 13.9 Å². The highest BCUT2D eigenvalue weighted by atomic mass is 35.5. The molecule has 9 heteroatoms. The minimum atomic E-state index is -0.0536. The number of halogens is 2. The van der Waals surface area contributed by atoms with Crippen molar-refractivity contribution in [1.82, 2.24) is 14.8 Å². The molecule has 0 fully saturated rings. The fourth-order valence-corrected chi connectivity index (χ4v) is 3.93. The molecule has 0 radical (unpaired) electrons. The van der Waals surface area contributed by atoms with Gasteiger partial charge < -0.3 is 9.15 Å². The van der Waals surface area contributed by atoms with E-state index >= 15 is 0 Å². The third kappa shape index (κ3) is 4.23. The summed E-state index contributed by atoms with van der Waals surface area (Å²) in [7, 11) is 1.56. The first-order chi connectivity index (χ1) is 14.6. The van der Waals surface area contributed by atoms with Crippen molar-refractivity contribution in [3.8, 4) is 23.0 Å². The molecule has 4 aromatic rings. The Balaban J connectivity index is 1.66. The number of nitrogens with zero attached hydrogens (tertiary/aromatic N) is 3. The molecule has 2 aromatic heterocycles. The van der Waals surface area contributed by atoms with Gasteiger partial charge in [0.25, 0.3) is 0 Å². The fraction of sp³-hybridized carbons (Fsp3) is 0.0952. The highest BCUT2D eigenvalue weighted by Crippen LogP contribution is 2.32. The van der Waals surface area contributed by atoms with Gasteiger partial charge >= 0.3 is 0 Å². The lowest BCUT2D eigenvalue weighted by molar-refractivity contribution is 0.102. The van der Waals surface area contributed by atoms with Gasteiger partial charge in [0.05, 0.1) is 34.9 Å². The summed E-state index contributed by atoms with van der Waals surface area (Å²) in [6.07, 6.45) is 1.56. The Morgan fingerprint density at radius 2 is 1.97 bits per heavy atom. The molecule has 0 bridgehead atoms. The second-order valence-electron chi connectivity index (χ2n) is 6.16. The van der Waals surface area contributed by atoms with Crippen LogP contribution in [0.15, 0.2) is 70.4 Å². The van der Waals surface area contributed by atoms with E-state index in [4.69, 9.17) is 32.4 Å². The van der Waals surface area contributed by atoms with Gasteiger partial charge in [-0.2, -0.15) is 0 Å². The average Bonchev–Trinajstić information content (AvgIpc) is 3.43. The third-order valence-electron chi connectivity index (χ3n) is 4.26. The molecule has 0 amide bonds. The molecule has 0 saturated heterocycles. The van der Waals surface area contributed by atoms with Gasteiger partial charge in [0.2, 0.25) is 5.82 Å². The lowest BCUT2D eigenvalue weighted by Crippen LogP contribution is -2.05. The van der Waals surface area contributed by atoms with E-state index in [1.807, 2.05) is 0 Å². The standard InChI is InChI=1S/C21H15Cl2N3O3S/c1-28-15-5-2-4-13(10-15)18(27)12-30-21-25-24-20(19-6-3-9-29-19)26(21)14-7-8-16(22)17(23)11-14/h2-11H,12H2,1H3. The van der Waals surface area contributed by atoms with Crippen LogP contribution in [0.5, 0.6) is 5.75 Å². The lowest BCUT2D eigenvalue weighted by atomic mass is 10.1. The van der Waals surface area contributed by atoms with Gasteiger partial charge in [-0.05, 0) is 42.5 Å². The minimum absolute atomic E-state index is 0.0536. The largest absolute Gasteiger partial charge is 0.497 e. The molecule has 152 valence electrons. The van der Waals surface area contributed by atoms with Crippen molar-refractivity contribution >= 4 is 40.7 Å². The van der Waals surface area contributed by atoms with E-state index in [1.165, 1.54) is 11.8 Å². The molecular weight excluding hydrogens is 445 g/mol. The number of carbonyl (C=O) groups is 1. The fourth-order valence-electron chi connectivity index (χ4n) is 2.80. The molecule has 0 aliphatic heterocycles. The molecule has 0 saturated carbocycles. The topological polar surface area (TPSA) is 70.2 Å². The molecule has 0 N–H and O–H groups in total. The number of furan rings is 1. The van der Waals surface area contributed by atoms with Crippen molar-refractivity contribution in [1.29, 1.82) is 0 Å². The summed E-state index contributed by atoms with van der Waals surface area (Å²) in [6, 6.07) is 15.8. The molecule has 0 spiro atoms. The van der Waals surface area contributed by atoms with Gasteiger partial charge in [-0.15, -0.1) is 10.2 Å². The number of methoxy groups -OCH3 is 1. The highest BCUT2D eigenvalue weighted by molar-refractivity contribution is 7.99. The molecule has 0 aliphatic rings. The van der Waals surface area contributed by atoms with Gasteiger partial charge in [-0.1, -0.05) is 47.1 Å². The Hall–Kier alpha value is -2.74. The van der Waals surface area contributed by atoms with Crippen LogP contribution in [0.4, 0.5) is 0 Å². The van der Waals surface area contributed by atoms with Crippen molar-refractivity contribution in [2.45, 2.75) is 5.16 Å². The smallest absolute Gasteiger partial charge is 0.205 e. The zero-order valence-electron chi connectivity index (χ0n) is 15.7. The molecule has 0 atom stereocenters. The molecule has 2 aromatic carbocycles. The lowest BCUT2D eigenvalue weighted by Gasteiger charge is -2.10. The first-order valence-electron chi connectivity index (χ1n) is 8.81. The predicted octanol–water partition coefficient (Wildman–Crippen LogP) is 5.82. The van der Waals surface area contributed by atoms with Gasteiger partial charge in [-0.3, -0.25) is 9.36 Å². The number of carbonyl (C=O) groups excluding carboxylic acids is 1. The average molecular weight is 460 g/mol. The van der Waals surface area contributed by atoms with Crippen molar-refractivity contribution in [2.75, 3.05) is 12.9 Å². The number of thioether (sulfide) groups is 1. The molecular formula is C21H15Cl2N3O3S. The van der Waals surface area contributed by atoms with Crippen LogP contribution < -0.4 is 4.74 Å². The van der Waals surface area contributed by atoms with Gasteiger partial charge in [0.1, 0.15) is 5.75 Å². The summed E-state index contributed by atoms with van der Waals surface area (Å²) in [5, 5.41) is 9.88. The van der Waals surface area contributed by atoms with E-state index in [-0.39, 0.29) is 11.5 Å². The molecule has 6 nitrogen and oxygen atoms in total. The predicted molar refractivity (Wildman–Crippen MR) is 117 cm³/mol. The Kier molecular flexibility index (Phi) is 6.13. The maximum atomic E-state index is 12.7. The van der Waals surface area contributed by atoms with Crippen LogP contribution in [0.3, 0.4) is 0 Å². The molecule has 0 aliphatic carbocycles. The normalized spacial score (nSPS) is 10.9. The van der Waals surface area contributed by atoms with Gasteiger partial charge in [-0.25, -0.2) is 0 Å². The van der Waals surface area contributed by atoms with E-state index in [1.54, 1.807) is 72.5 Å². The minimum Gasteiger partial charge on any atom is -0.497 e. The second kappa shape index (κ2) is 8.95. The number of rotatable bonds is 7. The molecule has 30 heavy (non-hydrogen) atoms. The monoisotopic (exact) mass is 459 g/mol. The zero-order valence-corrected chi connectivity index (χ0v) is 18.0. The summed E-state index contributed by atoms with van der Waals surface area (Å²) < 4.78 is 12.5. The first kappa shape index (κ1) is 20.5. The van der Waals surface area contributed by atoms with Crippen molar-refractivity contribution in [2.24, 2.45) is 0 Å². The molecule has 4 rings (SSSR count). The summed E-state index contributed by atoms with van der Waals surface area (Å²) in [4.78, 5) is 12.7. The summed E-state index contributed by atoms with van der Waals surface area (Å²) in [5.74, 6) is 1.78. The number of hydrogen-bond acceptors (Lipinski definition) is 6. The maximum Gasteiger partial charge on any atom is 0.205 e. The van der Waals surface area contributed by atoms with Crippen LogP contribution in [0.25, 0.3) is 17.3 Å². The van der Waals surface area contributed by atoms with Crippen LogP contribution in [0.1, 0.15) is 10.4 Å². The summed E-state index contributed by atoms with van der Waals surface area (Å²) in [5.41, 5.74) is 1.27. The maximum absolute atomic E-state index is 12.7. The SMILES string of the molecule is COc1cccc(C(=O)CSc2nnc(-c3ccco3)n2-c2ccc(Cl)c(Cl)c2)c1. The van der Waals surface area contributed by atoms with Gasteiger partial charge in [0.15, 0.2) is 16.7 Å². The van der Waals surface area contributed by atoms with E-state index in [2.05, 4.69) is 10.2 Å². The summed E-state index contributed by atoms with van der Waals surface area (Å²) in [6.45, 7) is 0. The van der Waals surface area contributed by atoms with Crippen LogP contribution in [0, 0.1) is 0 Å². The van der Waals surface area contributed by atoms with E-state index in [0.717, 1.165) is 0 Å². The van der Waals surface area contributed by atoms with Gasteiger partial charge in [0, 0.05) is 5.56 Å². The third-order valence-corrected chi connectivity index (χ3v) is 5.93. The van der Waals surface area contributed by atoms with Crippen LogP contribution in [-0.2, 0) is 0 Å². The Morgan fingerprint density at radius 3 is 2.70 bits per heavy atom. The number of ketones is 1. The number of hydrogen-bond donors (Lipinski definition) is 0. The van der Waals surface area contributed by atoms with E-state index < -0.39 is 0 Å². The van der Waals surface area contributed by atoms with Crippen LogP contribution in [-0.4, -0.2) is 33.4 Å². The highest BCUT2D eigenvalue weighted by Gasteiger charge is 2.20. The number of ether oxygens (including phenoxy) is 1. The first-order valence-corrected chi connectivity index (χ1v) is 10.6. The van der Waals surface area contributed by atoms with E-state index in [0.29, 0.717) is 43.8 Å². The van der Waals surface area contributed by atoms with Crippen molar-refractivity contribution in [3.63, 3.8) is 0 Å². The van der Waals surface area contributed by atoms with Crippen molar-refractivity contribution in [3.05, 3.63) is 76.5 Å². The quantitative estimate of drug-likeness (QED) is 0.256. The number of Topliss-reactive ketones (excluding diaryl/α,β-unsaturated/α-hetero) is 1. The number of aromatic nitrogens is 3. The molecule has 2 heterocycles. The Bertz CT molecular complexity index is 1190. The Labute approximate surface area is 186 Å². The summed E-state index contributed by atoms with van der Waals surface area (Å²) >= 11 is 13.5. The second-order valence-corrected chi connectivity index (χ2v) is 7.92. The van der Waals surface area contributed by atoms with Crippen LogP contribution >= 0.6 is 35.0 Å².